The number of likely N-dealkylation sites (N-methyl/N-ethyl adjacent to an activating group) is 7. The molecular formula is C72H110ClF3N12O12. The number of fused-ring (bicyclic) bond motifs is 1. The van der Waals surface area contributed by atoms with Crippen LogP contribution in [0.25, 0.3) is 0 Å². The van der Waals surface area contributed by atoms with Gasteiger partial charge in [0.2, 0.25) is 70.9 Å². The zero-order valence-electron chi connectivity index (χ0n) is 60.7. The van der Waals surface area contributed by atoms with Crippen molar-refractivity contribution in [2.75, 3.05) is 88.6 Å². The highest BCUT2D eigenvalue weighted by atomic mass is 35.5. The van der Waals surface area contributed by atoms with Crippen molar-refractivity contribution < 1.29 is 70.7 Å². The molecule has 3 saturated carbocycles. The fraction of sp³-hybridized carbons (Fsp3) is 0.750. The summed E-state index contributed by atoms with van der Waals surface area (Å²) in [4.78, 5) is 191. The summed E-state index contributed by atoms with van der Waals surface area (Å²) in [7, 11) is 10.0. The highest BCUT2D eigenvalue weighted by Gasteiger charge is 2.52. The van der Waals surface area contributed by atoms with Gasteiger partial charge in [-0.3, -0.25) is 57.5 Å². The summed E-state index contributed by atoms with van der Waals surface area (Å²) in [5.41, 5.74) is -2.33. The molecule has 0 radical (unpaired) electrons. The van der Waals surface area contributed by atoms with E-state index in [1.165, 1.54) is 79.9 Å². The van der Waals surface area contributed by atoms with Crippen LogP contribution in [-0.2, 0) is 70.1 Å². The Morgan fingerprint density at radius 2 is 1.22 bits per heavy atom. The van der Waals surface area contributed by atoms with E-state index in [1.807, 2.05) is 20.8 Å². The van der Waals surface area contributed by atoms with Crippen LogP contribution in [0.15, 0.2) is 18.2 Å². The van der Waals surface area contributed by atoms with E-state index in [9.17, 15) is 41.9 Å². The number of carbonyl (C=O) groups is 12. The number of aryl methyl sites for hydroxylation is 1. The number of halogens is 4. The van der Waals surface area contributed by atoms with Crippen LogP contribution < -0.4 is 16.0 Å². The molecule has 1 aromatic rings. The van der Waals surface area contributed by atoms with Gasteiger partial charge in [-0.05, 0) is 125 Å². The SMILES string of the molecule is CC[C@H](C)[C@@H]1NC(=O)[C@H](CC(C)C)N(C)C(=O)C[C@@H](C(=O)N2CCCCC2)N(C)C(=O)[C@H](C2CCCC2)N(C)C(=O)C2(CCCC2)NC(=O)C2CCCN2C(=O)[C@H](CCc2ccc(C(F)(F)F)c(Cl)c2)NC(=O)CN(C)C(=O)[C@H](CC2CCCCC2)N(C)C(=O)CN(C)C(=O)CN(C)C1=O. The normalized spacial score (nSPS) is 26.8. The summed E-state index contributed by atoms with van der Waals surface area (Å²) >= 11 is 6.16. The van der Waals surface area contributed by atoms with Crippen LogP contribution in [0.2, 0.25) is 5.02 Å². The molecule has 3 aliphatic heterocycles. The van der Waals surface area contributed by atoms with E-state index in [0.29, 0.717) is 70.0 Å². The second-order valence-electron chi connectivity index (χ2n) is 29.8. The number of hydrogen-bond acceptors (Lipinski definition) is 12. The highest BCUT2D eigenvalue weighted by Crippen LogP contribution is 2.39. The van der Waals surface area contributed by atoms with Crippen molar-refractivity contribution in [2.45, 2.75) is 236 Å². The third-order valence-corrected chi connectivity index (χ3v) is 22.4. The minimum absolute atomic E-state index is 0.0202. The zero-order valence-corrected chi connectivity index (χ0v) is 61.5. The average Bonchev–Trinajstić information content (AvgIpc) is 1.49. The smallest absolute Gasteiger partial charge is 0.343 e. The van der Waals surface area contributed by atoms with E-state index in [2.05, 4.69) is 16.0 Å². The lowest BCUT2D eigenvalue weighted by Crippen LogP contribution is -2.65. The third kappa shape index (κ3) is 20.0. The molecule has 1 spiro atoms. The van der Waals surface area contributed by atoms with Crippen molar-refractivity contribution in [3.05, 3.63) is 34.3 Å². The zero-order chi connectivity index (χ0) is 73.7. The first-order chi connectivity index (χ1) is 47.2. The molecule has 0 aromatic heterocycles. The topological polar surface area (TPSA) is 270 Å². The van der Waals surface area contributed by atoms with E-state index in [4.69, 9.17) is 11.6 Å². The molecule has 8 atom stereocenters. The molecule has 3 aliphatic carbocycles. The molecule has 100 heavy (non-hydrogen) atoms. The molecule has 28 heteroatoms. The van der Waals surface area contributed by atoms with Gasteiger partial charge in [0.25, 0.3) is 0 Å². The van der Waals surface area contributed by atoms with Gasteiger partial charge >= 0.3 is 6.18 Å². The summed E-state index contributed by atoms with van der Waals surface area (Å²) in [5.74, 6) is -8.68. The van der Waals surface area contributed by atoms with Crippen LogP contribution in [0.3, 0.4) is 0 Å². The van der Waals surface area contributed by atoms with Crippen LogP contribution in [0, 0.1) is 23.7 Å². The van der Waals surface area contributed by atoms with Gasteiger partial charge in [0.05, 0.1) is 36.6 Å². The number of alkyl halides is 3. The largest absolute Gasteiger partial charge is 0.417 e. The predicted octanol–water partition coefficient (Wildman–Crippen LogP) is 6.03. The first kappa shape index (κ1) is 80.3. The Kier molecular flexibility index (Phi) is 28.7. The standard InChI is InChI=1S/C72H110ClF3N12O12/c1-12-46(4)61-68(98)82(7)43-59(91)80(5)44-60(92)84(9)55(40-47-24-15-13-16-25-47)66(96)81(6)42-57(89)77-52(32-30-48-29-31-50(51(73)39-48)72(74,75)76)65(95)88-37-23-28-53(88)64(94)79-71(33-19-20-34-71)70(100)86(11)62(49-26-17-18-27-49)69(99)85(10)56(67(97)87-35-21-14-22-36-87)41-58(90)83(8)54(38-45(2)3)63(93)78-61/h29,31,39,45-47,49,52-56,61-62H,12-28,30,32-38,40-44H2,1-11H3,(H,77,89)(H,78,93)(H,79,94)/t46-,52-,53?,54-,55-,56-,61-,62-/m0/s1. The Hall–Kier alpha value is -7.06. The molecule has 6 aliphatic rings. The lowest BCUT2D eigenvalue weighted by atomic mass is 9.84. The summed E-state index contributed by atoms with van der Waals surface area (Å²) in [6, 6.07) is -5.50. The van der Waals surface area contributed by atoms with Crippen molar-refractivity contribution in [3.8, 4) is 0 Å². The Morgan fingerprint density at radius 1 is 0.620 bits per heavy atom. The second-order valence-corrected chi connectivity index (χ2v) is 30.2. The fourth-order valence-corrected chi connectivity index (χ4v) is 16.0. The molecule has 1 aromatic carbocycles. The van der Waals surface area contributed by atoms with Gasteiger partial charge in [-0.2, -0.15) is 13.2 Å². The Balaban J connectivity index is 1.28. The molecule has 3 N–H and O–H groups in total. The van der Waals surface area contributed by atoms with E-state index in [-0.39, 0.29) is 63.3 Å². The summed E-state index contributed by atoms with van der Waals surface area (Å²) in [6.45, 7) is 6.46. The number of carbonyl (C=O) groups excluding carboxylic acids is 12. The van der Waals surface area contributed by atoms with Crippen molar-refractivity contribution >= 4 is 82.5 Å². The number of benzene rings is 1. The molecule has 6 fully saturated rings. The maximum absolute atomic E-state index is 15.7. The number of piperidine rings is 1. The van der Waals surface area contributed by atoms with Crippen LogP contribution in [-0.4, -0.2) is 251 Å². The highest BCUT2D eigenvalue weighted by molar-refractivity contribution is 6.31. The predicted molar refractivity (Wildman–Crippen MR) is 369 cm³/mol. The molecule has 3 heterocycles. The molecule has 3 saturated heterocycles. The molecule has 12 amide bonds. The number of hydrogen-bond donors (Lipinski definition) is 3. The Morgan fingerprint density at radius 3 is 1.83 bits per heavy atom. The van der Waals surface area contributed by atoms with Crippen molar-refractivity contribution in [1.82, 2.24) is 60.0 Å². The lowest BCUT2D eigenvalue weighted by Gasteiger charge is -2.42. The maximum atomic E-state index is 15.7. The molecule has 1 unspecified atom stereocenters. The van der Waals surface area contributed by atoms with Crippen LogP contribution in [0.4, 0.5) is 13.2 Å². The number of nitrogens with one attached hydrogen (secondary N) is 3. The van der Waals surface area contributed by atoms with Crippen molar-refractivity contribution in [3.63, 3.8) is 0 Å². The fourth-order valence-electron chi connectivity index (χ4n) is 15.7. The summed E-state index contributed by atoms with van der Waals surface area (Å²) < 4.78 is 41.6. The Labute approximate surface area is 593 Å². The number of rotatable bonds is 11. The number of nitrogens with zero attached hydrogens (tertiary/aromatic N) is 9. The first-order valence-corrected chi connectivity index (χ1v) is 36.7. The molecule has 7 rings (SSSR count). The van der Waals surface area contributed by atoms with Crippen LogP contribution >= 0.6 is 11.6 Å². The van der Waals surface area contributed by atoms with Crippen LogP contribution in [0.5, 0.6) is 0 Å². The monoisotopic (exact) mass is 1430 g/mol. The van der Waals surface area contributed by atoms with Gasteiger partial charge in [-0.15, -0.1) is 0 Å². The quantitative estimate of drug-likeness (QED) is 0.229. The second kappa shape index (κ2) is 35.7. The molecule has 558 valence electrons. The van der Waals surface area contributed by atoms with Crippen molar-refractivity contribution in [2.24, 2.45) is 23.7 Å². The van der Waals surface area contributed by atoms with Gasteiger partial charge in [-0.1, -0.05) is 110 Å². The lowest BCUT2D eigenvalue weighted by molar-refractivity contribution is -0.156. The molecule has 0 bridgehead atoms. The number of likely N-dealkylation sites (tertiary alicyclic amines) is 1. The maximum Gasteiger partial charge on any atom is 0.417 e. The first-order valence-electron chi connectivity index (χ1n) is 36.4. The van der Waals surface area contributed by atoms with Gasteiger partial charge < -0.3 is 60.0 Å². The number of amides is 12. The van der Waals surface area contributed by atoms with Gasteiger partial charge in [0, 0.05) is 69.0 Å². The average molecular weight is 1430 g/mol. The summed E-state index contributed by atoms with van der Waals surface area (Å²) in [6.07, 6.45) is 6.24. The Bertz CT molecular complexity index is 3120. The van der Waals surface area contributed by atoms with Gasteiger partial charge in [-0.25, -0.2) is 0 Å². The minimum atomic E-state index is -4.76. The summed E-state index contributed by atoms with van der Waals surface area (Å²) in [5, 5.41) is 8.18. The van der Waals surface area contributed by atoms with Gasteiger partial charge in [0.1, 0.15) is 47.8 Å². The van der Waals surface area contributed by atoms with Gasteiger partial charge in [0.15, 0.2) is 0 Å². The molecular weight excluding hydrogens is 1320 g/mol. The van der Waals surface area contributed by atoms with E-state index < -0.39 is 173 Å². The third-order valence-electron chi connectivity index (χ3n) is 22.1. The van der Waals surface area contributed by atoms with Crippen LogP contribution in [0.1, 0.15) is 187 Å². The molecule has 24 nitrogen and oxygen atoms in total. The van der Waals surface area contributed by atoms with E-state index >= 15 is 28.8 Å². The van der Waals surface area contributed by atoms with Crippen molar-refractivity contribution in [1.29, 1.82) is 0 Å². The van der Waals surface area contributed by atoms with E-state index in [1.54, 1.807) is 11.8 Å². The van der Waals surface area contributed by atoms with E-state index in [0.717, 1.165) is 78.2 Å². The minimum Gasteiger partial charge on any atom is -0.343 e.